The topological polar surface area (TPSA) is 73.2 Å². The van der Waals surface area contributed by atoms with E-state index in [1.54, 1.807) is 25.3 Å². The second kappa shape index (κ2) is 9.89. The van der Waals surface area contributed by atoms with Crippen LogP contribution in [0.5, 0.6) is 5.75 Å². The molecule has 0 atom stereocenters. The Morgan fingerprint density at radius 3 is 2.48 bits per heavy atom. The Labute approximate surface area is 174 Å². The molecule has 0 spiro atoms. The number of rotatable bonds is 8. The normalized spacial score (nSPS) is 10.6. The Balaban J connectivity index is 1.52. The molecule has 1 amide bonds. The average molecular weight is 412 g/mol. The van der Waals surface area contributed by atoms with Crippen LogP contribution in [0.2, 0.25) is 5.02 Å². The van der Waals surface area contributed by atoms with Crippen LogP contribution in [0.1, 0.15) is 12.0 Å². The van der Waals surface area contributed by atoms with E-state index < -0.39 is 0 Å². The van der Waals surface area contributed by atoms with E-state index in [4.69, 9.17) is 16.3 Å². The first-order valence-electron chi connectivity index (χ1n) is 9.29. The fraction of sp³-hybridized carbons (Fsp3) is 0.227. The predicted molar refractivity (Wildman–Crippen MR) is 113 cm³/mol. The number of hydrogen-bond acceptors (Lipinski definition) is 4. The van der Waals surface area contributed by atoms with Crippen LogP contribution in [0.25, 0.3) is 11.3 Å². The van der Waals surface area contributed by atoms with Gasteiger partial charge in [0, 0.05) is 29.7 Å². The number of methoxy groups -OCH3 is 1. The lowest BCUT2D eigenvalue weighted by Crippen LogP contribution is -2.29. The third-order valence-electron chi connectivity index (χ3n) is 4.40. The monoisotopic (exact) mass is 411 g/mol. The van der Waals surface area contributed by atoms with E-state index in [0.717, 1.165) is 16.9 Å². The van der Waals surface area contributed by atoms with Crippen molar-refractivity contribution >= 4 is 17.5 Å². The summed E-state index contributed by atoms with van der Waals surface area (Å²) in [6.45, 7) is 0.886. The smallest absolute Gasteiger partial charge is 0.266 e. The van der Waals surface area contributed by atoms with Crippen molar-refractivity contribution < 1.29 is 9.53 Å². The molecule has 3 aromatic rings. The summed E-state index contributed by atoms with van der Waals surface area (Å²) in [5.41, 5.74) is 2.33. The summed E-state index contributed by atoms with van der Waals surface area (Å²) in [7, 11) is 1.61. The highest BCUT2D eigenvalue weighted by Crippen LogP contribution is 2.19. The third-order valence-corrected chi connectivity index (χ3v) is 4.65. The largest absolute Gasteiger partial charge is 0.497 e. The minimum absolute atomic E-state index is 0.0698. The van der Waals surface area contributed by atoms with Crippen molar-refractivity contribution in [1.29, 1.82) is 0 Å². The van der Waals surface area contributed by atoms with E-state index in [0.29, 0.717) is 36.6 Å². The van der Waals surface area contributed by atoms with E-state index in [1.807, 2.05) is 36.4 Å². The van der Waals surface area contributed by atoms with Crippen LogP contribution in [-0.2, 0) is 17.8 Å². The van der Waals surface area contributed by atoms with Crippen LogP contribution in [-0.4, -0.2) is 29.3 Å². The number of nitrogens with zero attached hydrogens (tertiary/aromatic N) is 2. The predicted octanol–water partition coefficient (Wildman–Crippen LogP) is 3.32. The summed E-state index contributed by atoms with van der Waals surface area (Å²) in [6.07, 6.45) is 0.896. The molecule has 0 saturated heterocycles. The van der Waals surface area contributed by atoms with Crippen molar-refractivity contribution in [2.24, 2.45) is 0 Å². The molecular formula is C22H22ClN3O3. The zero-order valence-corrected chi connectivity index (χ0v) is 16.9. The van der Waals surface area contributed by atoms with Crippen LogP contribution < -0.4 is 15.6 Å². The first-order valence-corrected chi connectivity index (χ1v) is 9.67. The fourth-order valence-electron chi connectivity index (χ4n) is 2.83. The molecule has 0 bridgehead atoms. The minimum atomic E-state index is -0.172. The lowest BCUT2D eigenvalue weighted by molar-refractivity contribution is -0.120. The van der Waals surface area contributed by atoms with Gasteiger partial charge in [0.05, 0.1) is 19.2 Å². The summed E-state index contributed by atoms with van der Waals surface area (Å²) in [5.74, 6) is 0.691. The van der Waals surface area contributed by atoms with Crippen molar-refractivity contribution in [3.8, 4) is 17.0 Å². The molecule has 1 N–H and O–H groups in total. The fourth-order valence-corrected chi connectivity index (χ4v) is 2.96. The zero-order chi connectivity index (χ0) is 20.6. The number of halogens is 1. The minimum Gasteiger partial charge on any atom is -0.497 e. The van der Waals surface area contributed by atoms with Gasteiger partial charge in [-0.2, -0.15) is 5.10 Å². The lowest BCUT2D eigenvalue weighted by Gasteiger charge is -2.09. The van der Waals surface area contributed by atoms with Crippen molar-refractivity contribution in [2.45, 2.75) is 19.4 Å². The highest BCUT2D eigenvalue weighted by atomic mass is 35.5. The van der Waals surface area contributed by atoms with Gasteiger partial charge in [-0.15, -0.1) is 0 Å². The van der Waals surface area contributed by atoms with Gasteiger partial charge in [0.25, 0.3) is 5.56 Å². The molecule has 0 aliphatic carbocycles. The highest BCUT2D eigenvalue weighted by molar-refractivity contribution is 6.30. The summed E-state index contributed by atoms with van der Waals surface area (Å²) < 4.78 is 6.58. The van der Waals surface area contributed by atoms with Crippen molar-refractivity contribution in [3.05, 3.63) is 81.6 Å². The Bertz CT molecular complexity index is 1010. The molecule has 0 radical (unpaired) electrons. The number of carbonyl (C=O) groups excluding carboxylic acids is 1. The zero-order valence-electron chi connectivity index (χ0n) is 16.1. The number of carbonyl (C=O) groups is 1. The van der Waals surface area contributed by atoms with Gasteiger partial charge in [-0.3, -0.25) is 9.59 Å². The molecule has 1 heterocycles. The number of aromatic nitrogens is 2. The Kier molecular flexibility index (Phi) is 7.03. The van der Waals surface area contributed by atoms with E-state index >= 15 is 0 Å². The second-order valence-electron chi connectivity index (χ2n) is 6.52. The van der Waals surface area contributed by atoms with Gasteiger partial charge < -0.3 is 10.1 Å². The summed E-state index contributed by atoms with van der Waals surface area (Å²) in [6, 6.07) is 17.9. The molecule has 0 saturated carbocycles. The number of aryl methyl sites for hydroxylation is 1. The van der Waals surface area contributed by atoms with Crippen LogP contribution >= 0.6 is 11.6 Å². The van der Waals surface area contributed by atoms with E-state index in [2.05, 4.69) is 10.4 Å². The highest BCUT2D eigenvalue weighted by Gasteiger charge is 2.06. The molecule has 7 heteroatoms. The summed E-state index contributed by atoms with van der Waals surface area (Å²) in [4.78, 5) is 24.1. The molecule has 0 fully saturated rings. The van der Waals surface area contributed by atoms with Crippen LogP contribution in [0.15, 0.2) is 65.5 Å². The summed E-state index contributed by atoms with van der Waals surface area (Å²) >= 11 is 5.85. The molecule has 150 valence electrons. The van der Waals surface area contributed by atoms with Crippen LogP contribution in [0, 0.1) is 0 Å². The van der Waals surface area contributed by atoms with Gasteiger partial charge in [-0.25, -0.2) is 4.68 Å². The maximum absolute atomic E-state index is 12.1. The van der Waals surface area contributed by atoms with Gasteiger partial charge in [0.2, 0.25) is 5.91 Å². The van der Waals surface area contributed by atoms with E-state index in [9.17, 15) is 9.59 Å². The number of hydrogen-bond donors (Lipinski definition) is 1. The average Bonchev–Trinajstić information content (AvgIpc) is 2.74. The van der Waals surface area contributed by atoms with Crippen molar-refractivity contribution in [2.75, 3.05) is 13.7 Å². The number of benzene rings is 2. The molecule has 3 rings (SSSR count). The van der Waals surface area contributed by atoms with Gasteiger partial charge >= 0.3 is 0 Å². The number of amides is 1. The van der Waals surface area contributed by atoms with Gasteiger partial charge in [0.1, 0.15) is 5.75 Å². The molecule has 6 nitrogen and oxygen atoms in total. The maximum Gasteiger partial charge on any atom is 0.266 e. The van der Waals surface area contributed by atoms with Gasteiger partial charge in [0.15, 0.2) is 0 Å². The van der Waals surface area contributed by atoms with Gasteiger partial charge in [-0.05, 0) is 54.4 Å². The summed E-state index contributed by atoms with van der Waals surface area (Å²) in [5, 5.41) is 7.94. The third kappa shape index (κ3) is 5.93. The first-order chi connectivity index (χ1) is 14.0. The number of ether oxygens (including phenoxy) is 1. The molecule has 0 aliphatic heterocycles. The molecule has 0 unspecified atom stereocenters. The molecule has 2 aromatic carbocycles. The number of nitrogens with one attached hydrogen (secondary N) is 1. The first kappa shape index (κ1) is 20.6. The van der Waals surface area contributed by atoms with Gasteiger partial charge in [-0.1, -0.05) is 23.7 Å². The second-order valence-corrected chi connectivity index (χ2v) is 6.95. The molecule has 0 aliphatic rings. The van der Waals surface area contributed by atoms with E-state index in [-0.39, 0.29) is 11.5 Å². The quantitative estimate of drug-likeness (QED) is 0.577. The van der Waals surface area contributed by atoms with Crippen LogP contribution in [0.3, 0.4) is 0 Å². The lowest BCUT2D eigenvalue weighted by atomic mass is 10.1. The molecular weight excluding hydrogens is 390 g/mol. The Morgan fingerprint density at radius 1 is 1.07 bits per heavy atom. The standard InChI is InChI=1S/C22H22ClN3O3/c1-29-19-9-5-17(6-10-19)20-11-12-22(28)26(25-20)14-2-13-24-21(27)15-16-3-7-18(23)8-4-16/h3-12H,2,13-15H2,1H3,(H,24,27). The molecule has 29 heavy (non-hydrogen) atoms. The maximum atomic E-state index is 12.1. The Morgan fingerprint density at radius 2 is 1.79 bits per heavy atom. The SMILES string of the molecule is COc1ccc(-c2ccc(=O)n(CCCNC(=O)Cc3ccc(Cl)cc3)n2)cc1. The van der Waals surface area contributed by atoms with Crippen molar-refractivity contribution in [3.63, 3.8) is 0 Å². The van der Waals surface area contributed by atoms with E-state index in [1.165, 1.54) is 10.7 Å². The Hall–Kier alpha value is -3.12. The van der Waals surface area contributed by atoms with Crippen LogP contribution in [0.4, 0.5) is 0 Å². The molecule has 1 aromatic heterocycles. The van der Waals surface area contributed by atoms with Crippen molar-refractivity contribution in [1.82, 2.24) is 15.1 Å².